The van der Waals surface area contributed by atoms with Gasteiger partial charge in [-0.15, -0.1) is 0 Å². The summed E-state index contributed by atoms with van der Waals surface area (Å²) < 4.78 is 6.25. The minimum atomic E-state index is -0.468. The Hall–Kier alpha value is -2.05. The molecule has 2 rings (SSSR count). The molecule has 0 fully saturated rings. The van der Waals surface area contributed by atoms with Crippen molar-refractivity contribution in [1.82, 2.24) is 10.9 Å². The van der Waals surface area contributed by atoms with Crippen molar-refractivity contribution in [3.05, 3.63) is 62.1 Å². The first-order chi connectivity index (χ1) is 11.8. The molecule has 0 saturated heterocycles. The van der Waals surface area contributed by atoms with Gasteiger partial charge in [0.25, 0.3) is 11.8 Å². The van der Waals surface area contributed by atoms with Gasteiger partial charge in [-0.3, -0.25) is 20.4 Å². The Balaban J connectivity index is 1.86. The zero-order valence-corrected chi connectivity index (χ0v) is 16.4. The summed E-state index contributed by atoms with van der Waals surface area (Å²) >= 11 is 9.46. The molecule has 0 saturated carbocycles. The normalized spacial score (nSPS) is 10.3. The second-order valence-electron chi connectivity index (χ2n) is 5.63. The number of amides is 2. The van der Waals surface area contributed by atoms with E-state index in [0.717, 1.165) is 21.2 Å². The number of ether oxygens (including phenoxy) is 1. The molecular weight excluding hydrogens is 408 g/mol. The molecule has 2 amide bonds. The number of halogens is 2. The van der Waals surface area contributed by atoms with Gasteiger partial charge in [0.05, 0.1) is 0 Å². The van der Waals surface area contributed by atoms with Crippen molar-refractivity contribution in [3.63, 3.8) is 0 Å². The minimum Gasteiger partial charge on any atom is -0.484 e. The third kappa shape index (κ3) is 5.21. The van der Waals surface area contributed by atoms with Crippen LogP contribution in [-0.4, -0.2) is 18.4 Å². The Kier molecular flexibility index (Phi) is 6.45. The molecule has 0 aliphatic heterocycles. The zero-order valence-electron chi connectivity index (χ0n) is 14.1. The van der Waals surface area contributed by atoms with E-state index in [9.17, 15) is 9.59 Å². The first-order valence-electron chi connectivity index (χ1n) is 7.53. The number of rotatable bonds is 4. The fourth-order valence-electron chi connectivity index (χ4n) is 2.11. The molecule has 5 nitrogen and oxygen atoms in total. The van der Waals surface area contributed by atoms with Crippen molar-refractivity contribution in [2.75, 3.05) is 6.61 Å². The molecule has 0 heterocycles. The summed E-state index contributed by atoms with van der Waals surface area (Å²) in [7, 11) is 0. The summed E-state index contributed by atoms with van der Waals surface area (Å²) in [6.07, 6.45) is 0. The first kappa shape index (κ1) is 19.3. The van der Waals surface area contributed by atoms with Gasteiger partial charge in [-0.1, -0.05) is 33.6 Å². The molecule has 0 spiro atoms. The molecule has 2 aromatic carbocycles. The van der Waals surface area contributed by atoms with Gasteiger partial charge in [0.15, 0.2) is 6.61 Å². The van der Waals surface area contributed by atoms with Crippen LogP contribution in [0.3, 0.4) is 0 Å². The molecule has 0 aliphatic rings. The highest BCUT2D eigenvalue weighted by Gasteiger charge is 2.10. The summed E-state index contributed by atoms with van der Waals surface area (Å²) in [6, 6.07) is 8.69. The summed E-state index contributed by atoms with van der Waals surface area (Å²) in [5.41, 5.74) is 7.86. The van der Waals surface area contributed by atoms with Gasteiger partial charge < -0.3 is 4.74 Å². The van der Waals surface area contributed by atoms with Crippen LogP contribution in [0.5, 0.6) is 5.75 Å². The van der Waals surface area contributed by atoms with Crippen LogP contribution in [0.2, 0.25) is 5.02 Å². The molecule has 0 aliphatic carbocycles. The first-order valence-corrected chi connectivity index (χ1v) is 8.70. The highest BCUT2D eigenvalue weighted by atomic mass is 79.9. The van der Waals surface area contributed by atoms with E-state index < -0.39 is 11.8 Å². The maximum Gasteiger partial charge on any atom is 0.276 e. The van der Waals surface area contributed by atoms with Crippen LogP contribution < -0.4 is 15.6 Å². The minimum absolute atomic E-state index is 0.224. The van der Waals surface area contributed by atoms with Crippen molar-refractivity contribution < 1.29 is 14.3 Å². The van der Waals surface area contributed by atoms with Gasteiger partial charge in [-0.25, -0.2) is 0 Å². The van der Waals surface area contributed by atoms with Crippen LogP contribution in [0.1, 0.15) is 27.0 Å². The molecule has 25 heavy (non-hydrogen) atoms. The van der Waals surface area contributed by atoms with Gasteiger partial charge in [-0.2, -0.15) is 0 Å². The van der Waals surface area contributed by atoms with Crippen molar-refractivity contribution in [2.24, 2.45) is 0 Å². The molecule has 2 aromatic rings. The van der Waals surface area contributed by atoms with E-state index in [2.05, 4.69) is 26.8 Å². The number of hydrogen-bond acceptors (Lipinski definition) is 3. The molecule has 132 valence electrons. The molecular formula is C18H18BrClN2O3. The van der Waals surface area contributed by atoms with Gasteiger partial charge in [-0.05, 0) is 61.7 Å². The van der Waals surface area contributed by atoms with Crippen LogP contribution >= 0.6 is 27.5 Å². The number of hydrazine groups is 1. The van der Waals surface area contributed by atoms with Crippen molar-refractivity contribution in [1.29, 1.82) is 0 Å². The zero-order chi connectivity index (χ0) is 18.6. The standard InChI is InChI=1S/C18H18BrClN2O3/c1-10-4-5-13(8-15(10)19)18(24)22-21-16(23)9-25-14-6-11(2)17(20)12(3)7-14/h4-8H,9H2,1-3H3,(H,21,23)(H,22,24). The SMILES string of the molecule is Cc1ccc(C(=O)NNC(=O)COc2cc(C)c(Cl)c(C)c2)cc1Br. The summed E-state index contributed by atoms with van der Waals surface area (Å²) in [5, 5.41) is 0.674. The number of carbonyl (C=O) groups excluding carboxylic acids is 2. The van der Waals surface area contributed by atoms with E-state index in [1.807, 2.05) is 26.8 Å². The Bertz CT molecular complexity index is 801. The molecule has 7 heteroatoms. The third-order valence-corrected chi connectivity index (χ3v) is 4.98. The van der Waals surface area contributed by atoms with E-state index in [0.29, 0.717) is 16.3 Å². The van der Waals surface area contributed by atoms with E-state index in [1.54, 1.807) is 24.3 Å². The quantitative estimate of drug-likeness (QED) is 0.731. The maximum absolute atomic E-state index is 12.0. The molecule has 2 N–H and O–H groups in total. The predicted molar refractivity (Wildman–Crippen MR) is 101 cm³/mol. The van der Waals surface area contributed by atoms with Crippen molar-refractivity contribution in [3.8, 4) is 5.75 Å². The monoisotopic (exact) mass is 424 g/mol. The van der Waals surface area contributed by atoms with E-state index in [1.165, 1.54) is 0 Å². The van der Waals surface area contributed by atoms with Crippen LogP contribution in [0, 0.1) is 20.8 Å². The maximum atomic E-state index is 12.0. The van der Waals surface area contributed by atoms with Gasteiger partial charge in [0.1, 0.15) is 5.75 Å². The molecule has 0 atom stereocenters. The van der Waals surface area contributed by atoms with Gasteiger partial charge in [0, 0.05) is 15.1 Å². The molecule has 0 aromatic heterocycles. The second-order valence-corrected chi connectivity index (χ2v) is 6.86. The van der Waals surface area contributed by atoms with E-state index in [-0.39, 0.29) is 6.61 Å². The number of nitrogens with one attached hydrogen (secondary N) is 2. The number of hydrogen-bond donors (Lipinski definition) is 2. The fourth-order valence-corrected chi connectivity index (χ4v) is 2.60. The fraction of sp³-hybridized carbons (Fsp3) is 0.222. The van der Waals surface area contributed by atoms with Crippen LogP contribution in [-0.2, 0) is 4.79 Å². The average molecular weight is 426 g/mol. The lowest BCUT2D eigenvalue weighted by molar-refractivity contribution is -0.123. The Morgan fingerprint density at radius 1 is 1.04 bits per heavy atom. The van der Waals surface area contributed by atoms with Crippen LogP contribution in [0.4, 0.5) is 0 Å². The largest absolute Gasteiger partial charge is 0.484 e. The van der Waals surface area contributed by atoms with Crippen LogP contribution in [0.25, 0.3) is 0 Å². The number of carbonyl (C=O) groups is 2. The topological polar surface area (TPSA) is 67.4 Å². The Morgan fingerprint density at radius 3 is 2.28 bits per heavy atom. The molecule has 0 bridgehead atoms. The highest BCUT2D eigenvalue weighted by molar-refractivity contribution is 9.10. The third-order valence-electron chi connectivity index (χ3n) is 3.53. The smallest absolute Gasteiger partial charge is 0.276 e. The van der Waals surface area contributed by atoms with Crippen molar-refractivity contribution in [2.45, 2.75) is 20.8 Å². The summed E-state index contributed by atoms with van der Waals surface area (Å²) in [5.74, 6) is -0.333. The summed E-state index contributed by atoms with van der Waals surface area (Å²) in [4.78, 5) is 23.8. The lowest BCUT2D eigenvalue weighted by Gasteiger charge is -2.11. The highest BCUT2D eigenvalue weighted by Crippen LogP contribution is 2.25. The number of aryl methyl sites for hydroxylation is 3. The van der Waals surface area contributed by atoms with Gasteiger partial charge in [0.2, 0.25) is 0 Å². The van der Waals surface area contributed by atoms with E-state index >= 15 is 0 Å². The average Bonchev–Trinajstić information content (AvgIpc) is 2.57. The second kappa shape index (κ2) is 8.36. The van der Waals surface area contributed by atoms with Gasteiger partial charge >= 0.3 is 0 Å². The Morgan fingerprint density at radius 2 is 1.68 bits per heavy atom. The lowest BCUT2D eigenvalue weighted by Crippen LogP contribution is -2.43. The molecule has 0 unspecified atom stereocenters. The number of benzene rings is 2. The van der Waals surface area contributed by atoms with Crippen LogP contribution in [0.15, 0.2) is 34.8 Å². The lowest BCUT2D eigenvalue weighted by atomic mass is 10.1. The van der Waals surface area contributed by atoms with E-state index in [4.69, 9.17) is 16.3 Å². The Labute approximate surface area is 159 Å². The molecule has 0 radical (unpaired) electrons. The predicted octanol–water partition coefficient (Wildman–Crippen LogP) is 3.87. The summed E-state index contributed by atoms with van der Waals surface area (Å²) in [6.45, 7) is 5.42. The van der Waals surface area contributed by atoms with Crippen molar-refractivity contribution >= 4 is 39.3 Å².